The fourth-order valence-electron chi connectivity index (χ4n) is 4.92. The lowest BCUT2D eigenvalue weighted by Gasteiger charge is -2.38. The highest BCUT2D eigenvalue weighted by molar-refractivity contribution is 7.80. The van der Waals surface area contributed by atoms with E-state index in [4.69, 9.17) is 12.2 Å². The lowest BCUT2D eigenvalue weighted by Crippen LogP contribution is -2.51. The summed E-state index contributed by atoms with van der Waals surface area (Å²) in [5, 5.41) is 4.10. The number of nitrogens with one attached hydrogen (secondary N) is 1. The largest absolute Gasteiger partial charge is 0.368 e. The van der Waals surface area contributed by atoms with E-state index < -0.39 is 0 Å². The normalized spacial score (nSPS) is 21.2. The molecule has 4 rings (SSSR count). The van der Waals surface area contributed by atoms with Gasteiger partial charge in [0.25, 0.3) is 0 Å². The molecule has 2 aromatic carbocycles. The zero-order chi connectivity index (χ0) is 22.7. The Labute approximate surface area is 197 Å². The topological polar surface area (TPSA) is 38.8 Å². The molecule has 2 heterocycles. The Kier molecular flexibility index (Phi) is 6.99. The van der Waals surface area contributed by atoms with Gasteiger partial charge in [0.2, 0.25) is 5.91 Å². The lowest BCUT2D eigenvalue weighted by molar-refractivity contribution is -0.135. The van der Waals surface area contributed by atoms with Crippen molar-refractivity contribution in [2.75, 3.05) is 44.2 Å². The number of rotatable bonds is 4. The third-order valence-electron chi connectivity index (χ3n) is 6.61. The standard InChI is InChI=1S/C26H34N4OS/c1-19(2)27-26(32)30-17-22(21-10-5-4-6-11-21)23(18-30)25(31)29-15-13-28(14-16-29)24-12-8-7-9-20(24)3/h4-12,19,22-23H,13-18H2,1-3H3,(H,27,32). The number of carbonyl (C=O) groups is 1. The van der Waals surface area contributed by atoms with Crippen LogP contribution in [0.3, 0.4) is 0 Å². The molecular weight excluding hydrogens is 416 g/mol. The first-order chi connectivity index (χ1) is 15.4. The molecule has 2 saturated heterocycles. The molecule has 6 heteroatoms. The van der Waals surface area contributed by atoms with Crippen LogP contribution in [0.15, 0.2) is 54.6 Å². The van der Waals surface area contributed by atoms with Gasteiger partial charge in [-0.1, -0.05) is 48.5 Å². The van der Waals surface area contributed by atoms with E-state index in [2.05, 4.69) is 89.3 Å². The van der Waals surface area contributed by atoms with Gasteiger partial charge in [-0.15, -0.1) is 0 Å². The van der Waals surface area contributed by atoms with Crippen molar-refractivity contribution in [3.05, 3.63) is 65.7 Å². The van der Waals surface area contributed by atoms with Gasteiger partial charge in [0, 0.05) is 56.9 Å². The highest BCUT2D eigenvalue weighted by atomic mass is 32.1. The molecule has 1 amide bonds. The van der Waals surface area contributed by atoms with Crippen LogP contribution in [0.2, 0.25) is 0 Å². The van der Waals surface area contributed by atoms with Crippen molar-refractivity contribution < 1.29 is 4.79 Å². The number of amides is 1. The molecule has 0 aliphatic carbocycles. The van der Waals surface area contributed by atoms with Gasteiger partial charge in [0.15, 0.2) is 5.11 Å². The van der Waals surface area contributed by atoms with Crippen molar-refractivity contribution in [2.45, 2.75) is 32.7 Å². The van der Waals surface area contributed by atoms with Gasteiger partial charge in [-0.05, 0) is 50.2 Å². The van der Waals surface area contributed by atoms with Crippen LogP contribution in [0.1, 0.15) is 30.9 Å². The molecule has 2 aromatic rings. The van der Waals surface area contributed by atoms with Crippen LogP contribution in [-0.4, -0.2) is 66.1 Å². The minimum atomic E-state index is -0.0747. The highest BCUT2D eigenvalue weighted by Gasteiger charge is 2.41. The number of hydrogen-bond acceptors (Lipinski definition) is 3. The monoisotopic (exact) mass is 450 g/mol. The zero-order valence-electron chi connectivity index (χ0n) is 19.3. The summed E-state index contributed by atoms with van der Waals surface area (Å²) in [6.45, 7) is 11.1. The van der Waals surface area contributed by atoms with E-state index in [1.54, 1.807) is 0 Å². The second-order valence-electron chi connectivity index (χ2n) is 9.23. The molecule has 2 unspecified atom stereocenters. The molecule has 2 aliphatic rings. The van der Waals surface area contributed by atoms with E-state index in [9.17, 15) is 4.79 Å². The van der Waals surface area contributed by atoms with Gasteiger partial charge in [0.05, 0.1) is 5.92 Å². The van der Waals surface area contributed by atoms with Crippen LogP contribution >= 0.6 is 12.2 Å². The van der Waals surface area contributed by atoms with Crippen LogP contribution in [0.5, 0.6) is 0 Å². The van der Waals surface area contributed by atoms with Crippen LogP contribution in [0.25, 0.3) is 0 Å². The smallest absolute Gasteiger partial charge is 0.228 e. The summed E-state index contributed by atoms with van der Waals surface area (Å²) in [4.78, 5) is 20.3. The van der Waals surface area contributed by atoms with E-state index >= 15 is 0 Å². The number of anilines is 1. The fraction of sp³-hybridized carbons (Fsp3) is 0.462. The maximum atomic E-state index is 13.7. The second kappa shape index (κ2) is 9.90. The molecule has 2 atom stereocenters. The number of benzene rings is 2. The Balaban J connectivity index is 1.47. The predicted octanol–water partition coefficient (Wildman–Crippen LogP) is 3.64. The van der Waals surface area contributed by atoms with Crippen molar-refractivity contribution in [3.8, 4) is 0 Å². The Morgan fingerprint density at radius 2 is 1.59 bits per heavy atom. The first-order valence-corrected chi connectivity index (χ1v) is 12.0. The molecule has 0 aromatic heterocycles. The fourth-order valence-corrected chi connectivity index (χ4v) is 5.30. The minimum absolute atomic E-state index is 0.0747. The number of piperazine rings is 1. The van der Waals surface area contributed by atoms with E-state index in [1.807, 2.05) is 6.07 Å². The van der Waals surface area contributed by atoms with Crippen molar-refractivity contribution in [2.24, 2.45) is 5.92 Å². The number of hydrogen-bond donors (Lipinski definition) is 1. The Bertz CT molecular complexity index is 940. The molecule has 2 fully saturated rings. The van der Waals surface area contributed by atoms with E-state index in [0.717, 1.165) is 37.8 Å². The molecule has 0 bridgehead atoms. The average molecular weight is 451 g/mol. The molecule has 170 valence electrons. The number of nitrogens with zero attached hydrogens (tertiary/aromatic N) is 3. The third-order valence-corrected chi connectivity index (χ3v) is 6.99. The summed E-state index contributed by atoms with van der Waals surface area (Å²) in [6.07, 6.45) is 0. The molecular formula is C26H34N4OS. The van der Waals surface area contributed by atoms with Crippen LogP contribution < -0.4 is 10.2 Å². The van der Waals surface area contributed by atoms with Crippen LogP contribution in [0.4, 0.5) is 5.69 Å². The summed E-state index contributed by atoms with van der Waals surface area (Å²) >= 11 is 5.65. The average Bonchev–Trinajstić information content (AvgIpc) is 3.25. The summed E-state index contributed by atoms with van der Waals surface area (Å²) in [6, 6.07) is 19.2. The van der Waals surface area contributed by atoms with Gasteiger partial charge < -0.3 is 20.0 Å². The number of para-hydroxylation sites is 1. The highest BCUT2D eigenvalue weighted by Crippen LogP contribution is 2.34. The Morgan fingerprint density at radius 1 is 0.938 bits per heavy atom. The van der Waals surface area contributed by atoms with Crippen LogP contribution in [-0.2, 0) is 4.79 Å². The van der Waals surface area contributed by atoms with Gasteiger partial charge in [0.1, 0.15) is 0 Å². The first kappa shape index (κ1) is 22.6. The predicted molar refractivity (Wildman–Crippen MR) is 135 cm³/mol. The quantitative estimate of drug-likeness (QED) is 0.720. The SMILES string of the molecule is Cc1ccccc1N1CCN(C(=O)C2CN(C(=S)NC(C)C)CC2c2ccccc2)CC1. The van der Waals surface area contributed by atoms with E-state index in [1.165, 1.54) is 16.8 Å². The summed E-state index contributed by atoms with van der Waals surface area (Å²) in [7, 11) is 0. The molecule has 0 spiro atoms. The second-order valence-corrected chi connectivity index (χ2v) is 9.62. The summed E-state index contributed by atoms with van der Waals surface area (Å²) < 4.78 is 0. The third kappa shape index (κ3) is 4.90. The van der Waals surface area contributed by atoms with Crippen molar-refractivity contribution >= 4 is 28.9 Å². The summed E-state index contributed by atoms with van der Waals surface area (Å²) in [5.74, 6) is 0.345. The number of likely N-dealkylation sites (tertiary alicyclic amines) is 1. The van der Waals surface area contributed by atoms with Gasteiger partial charge in [-0.25, -0.2) is 0 Å². The van der Waals surface area contributed by atoms with E-state index in [-0.39, 0.29) is 23.8 Å². The van der Waals surface area contributed by atoms with E-state index in [0.29, 0.717) is 6.54 Å². The maximum absolute atomic E-state index is 13.7. The van der Waals surface area contributed by atoms with Crippen molar-refractivity contribution in [1.82, 2.24) is 15.1 Å². The zero-order valence-corrected chi connectivity index (χ0v) is 20.1. The summed E-state index contributed by atoms with van der Waals surface area (Å²) in [5.41, 5.74) is 3.78. The van der Waals surface area contributed by atoms with Gasteiger partial charge in [-0.2, -0.15) is 0 Å². The maximum Gasteiger partial charge on any atom is 0.228 e. The molecule has 0 saturated carbocycles. The Hall–Kier alpha value is -2.60. The molecule has 1 N–H and O–H groups in total. The molecule has 5 nitrogen and oxygen atoms in total. The Morgan fingerprint density at radius 3 is 2.25 bits per heavy atom. The van der Waals surface area contributed by atoms with Crippen LogP contribution in [0, 0.1) is 12.8 Å². The first-order valence-electron chi connectivity index (χ1n) is 11.6. The lowest BCUT2D eigenvalue weighted by atomic mass is 9.88. The van der Waals surface area contributed by atoms with Crippen molar-refractivity contribution in [1.29, 1.82) is 0 Å². The number of thiocarbonyl (C=S) groups is 1. The molecule has 0 radical (unpaired) electrons. The number of aryl methyl sites for hydroxylation is 1. The minimum Gasteiger partial charge on any atom is -0.368 e. The van der Waals surface area contributed by atoms with Gasteiger partial charge >= 0.3 is 0 Å². The molecule has 2 aliphatic heterocycles. The number of carbonyl (C=O) groups excluding carboxylic acids is 1. The molecule has 32 heavy (non-hydrogen) atoms. The van der Waals surface area contributed by atoms with Gasteiger partial charge in [-0.3, -0.25) is 4.79 Å². The van der Waals surface area contributed by atoms with Crippen molar-refractivity contribution in [3.63, 3.8) is 0 Å².